The van der Waals surface area contributed by atoms with Crippen LogP contribution in [0.2, 0.25) is 0 Å². The Labute approximate surface area is 164 Å². The smallest absolute Gasteiger partial charge is 0.191 e. The summed E-state index contributed by atoms with van der Waals surface area (Å²) < 4.78 is 10.3. The highest BCUT2D eigenvalue weighted by molar-refractivity contribution is 5.79. The molecule has 6 heteroatoms. The summed E-state index contributed by atoms with van der Waals surface area (Å²) in [5.74, 6) is 2.52. The van der Waals surface area contributed by atoms with Crippen LogP contribution in [0.25, 0.3) is 0 Å². The lowest BCUT2D eigenvalue weighted by Gasteiger charge is -2.31. The molecule has 152 valence electrons. The third kappa shape index (κ3) is 8.18. The molecule has 0 unspecified atom stereocenters. The molecule has 0 saturated carbocycles. The predicted molar refractivity (Wildman–Crippen MR) is 111 cm³/mol. The highest BCUT2D eigenvalue weighted by atomic mass is 16.5. The van der Waals surface area contributed by atoms with Gasteiger partial charge in [0.15, 0.2) is 5.96 Å². The van der Waals surface area contributed by atoms with Gasteiger partial charge in [-0.15, -0.1) is 0 Å². The molecule has 1 aromatic rings. The predicted octanol–water partition coefficient (Wildman–Crippen LogP) is 2.50. The number of methoxy groups -OCH3 is 2. The second-order valence-corrected chi connectivity index (χ2v) is 7.06. The molecule has 1 aliphatic heterocycles. The van der Waals surface area contributed by atoms with Gasteiger partial charge in [-0.1, -0.05) is 12.1 Å². The van der Waals surface area contributed by atoms with Crippen molar-refractivity contribution in [1.29, 1.82) is 0 Å². The SMILES string of the molecule is CCNC(=NCC1CCN(Cc2ccc(OC)cc2)CC1)NCCCOC. The summed E-state index contributed by atoms with van der Waals surface area (Å²) in [4.78, 5) is 7.32. The summed E-state index contributed by atoms with van der Waals surface area (Å²) in [5.41, 5.74) is 1.35. The molecular formula is C21H36N4O2. The molecule has 0 amide bonds. The zero-order valence-corrected chi connectivity index (χ0v) is 17.2. The highest BCUT2D eigenvalue weighted by Crippen LogP contribution is 2.20. The number of aliphatic imine (C=N–C) groups is 1. The van der Waals surface area contributed by atoms with Gasteiger partial charge in [0.05, 0.1) is 7.11 Å². The van der Waals surface area contributed by atoms with Gasteiger partial charge in [-0.05, 0) is 62.9 Å². The second kappa shape index (κ2) is 12.6. The highest BCUT2D eigenvalue weighted by Gasteiger charge is 2.19. The monoisotopic (exact) mass is 376 g/mol. The standard InChI is InChI=1S/C21H36N4O2/c1-4-22-21(23-12-5-15-26-2)24-16-18-10-13-25(14-11-18)17-19-6-8-20(27-3)9-7-19/h6-9,18H,4-5,10-17H2,1-3H3,(H2,22,23,24). The number of hydrogen-bond acceptors (Lipinski definition) is 4. The molecule has 1 heterocycles. The van der Waals surface area contributed by atoms with Crippen molar-refractivity contribution in [3.05, 3.63) is 29.8 Å². The van der Waals surface area contributed by atoms with Crippen LogP contribution in [0.15, 0.2) is 29.3 Å². The van der Waals surface area contributed by atoms with Crippen molar-refractivity contribution in [2.75, 3.05) is 53.6 Å². The number of nitrogens with zero attached hydrogens (tertiary/aromatic N) is 2. The first-order valence-electron chi connectivity index (χ1n) is 10.1. The van der Waals surface area contributed by atoms with E-state index < -0.39 is 0 Å². The van der Waals surface area contributed by atoms with Gasteiger partial charge >= 0.3 is 0 Å². The van der Waals surface area contributed by atoms with Crippen molar-refractivity contribution < 1.29 is 9.47 Å². The number of benzene rings is 1. The Kier molecular flexibility index (Phi) is 10.0. The Morgan fingerprint density at radius 1 is 1.15 bits per heavy atom. The van der Waals surface area contributed by atoms with Crippen LogP contribution in [-0.2, 0) is 11.3 Å². The molecule has 0 bridgehead atoms. The molecule has 0 aliphatic carbocycles. The van der Waals surface area contributed by atoms with Gasteiger partial charge in [0.25, 0.3) is 0 Å². The summed E-state index contributed by atoms with van der Waals surface area (Å²) in [6.07, 6.45) is 3.41. The minimum Gasteiger partial charge on any atom is -0.497 e. The number of hydrogen-bond donors (Lipinski definition) is 2. The summed E-state index contributed by atoms with van der Waals surface area (Å²) in [6.45, 7) is 8.85. The van der Waals surface area contributed by atoms with Crippen LogP contribution in [0, 0.1) is 5.92 Å². The molecule has 0 atom stereocenters. The van der Waals surface area contributed by atoms with Gasteiger partial charge in [0.2, 0.25) is 0 Å². The Bertz CT molecular complexity index is 540. The van der Waals surface area contributed by atoms with E-state index in [-0.39, 0.29) is 0 Å². The molecule has 2 rings (SSSR count). The second-order valence-electron chi connectivity index (χ2n) is 7.06. The van der Waals surface area contributed by atoms with E-state index in [9.17, 15) is 0 Å². The molecule has 27 heavy (non-hydrogen) atoms. The molecule has 1 aliphatic rings. The summed E-state index contributed by atoms with van der Waals surface area (Å²) in [7, 11) is 3.44. The first kappa shape index (κ1) is 21.5. The average Bonchev–Trinajstić information content (AvgIpc) is 2.71. The van der Waals surface area contributed by atoms with Crippen LogP contribution in [0.4, 0.5) is 0 Å². The fraction of sp³-hybridized carbons (Fsp3) is 0.667. The maximum Gasteiger partial charge on any atom is 0.191 e. The van der Waals surface area contributed by atoms with Crippen LogP contribution in [0.1, 0.15) is 31.7 Å². The van der Waals surface area contributed by atoms with E-state index >= 15 is 0 Å². The van der Waals surface area contributed by atoms with Gasteiger partial charge < -0.3 is 20.1 Å². The minimum atomic E-state index is 0.673. The maximum absolute atomic E-state index is 5.23. The van der Waals surface area contributed by atoms with Crippen LogP contribution < -0.4 is 15.4 Å². The molecule has 6 nitrogen and oxygen atoms in total. The van der Waals surface area contributed by atoms with Crippen molar-refractivity contribution in [2.45, 2.75) is 32.7 Å². The Hall–Kier alpha value is -1.79. The van der Waals surface area contributed by atoms with Crippen LogP contribution in [-0.4, -0.2) is 64.4 Å². The molecule has 1 saturated heterocycles. The first-order valence-corrected chi connectivity index (χ1v) is 10.1. The van der Waals surface area contributed by atoms with E-state index in [1.165, 1.54) is 18.4 Å². The first-order chi connectivity index (χ1) is 13.2. The Morgan fingerprint density at radius 3 is 2.52 bits per heavy atom. The Morgan fingerprint density at radius 2 is 1.89 bits per heavy atom. The number of nitrogens with one attached hydrogen (secondary N) is 2. The summed E-state index contributed by atoms with van der Waals surface area (Å²) >= 11 is 0. The number of ether oxygens (including phenoxy) is 2. The van der Waals surface area contributed by atoms with Crippen molar-refractivity contribution in [3.63, 3.8) is 0 Å². The van der Waals surface area contributed by atoms with Gasteiger partial charge in [0.1, 0.15) is 5.75 Å². The zero-order chi connectivity index (χ0) is 19.3. The van der Waals surface area contributed by atoms with Gasteiger partial charge in [-0.2, -0.15) is 0 Å². The van der Waals surface area contributed by atoms with Gasteiger partial charge in [-0.25, -0.2) is 0 Å². The molecule has 1 fully saturated rings. The van der Waals surface area contributed by atoms with E-state index in [1.54, 1.807) is 14.2 Å². The molecule has 1 aromatic carbocycles. The number of likely N-dealkylation sites (tertiary alicyclic amines) is 1. The van der Waals surface area contributed by atoms with Crippen LogP contribution in [0.5, 0.6) is 5.75 Å². The van der Waals surface area contributed by atoms with E-state index in [1.807, 2.05) is 12.1 Å². The fourth-order valence-corrected chi connectivity index (χ4v) is 3.30. The number of rotatable bonds is 10. The van der Waals surface area contributed by atoms with E-state index in [0.717, 1.165) is 64.0 Å². The average molecular weight is 377 g/mol. The molecular weight excluding hydrogens is 340 g/mol. The molecule has 0 aromatic heterocycles. The van der Waals surface area contributed by atoms with Crippen molar-refractivity contribution in [3.8, 4) is 5.75 Å². The maximum atomic E-state index is 5.23. The van der Waals surface area contributed by atoms with Crippen molar-refractivity contribution >= 4 is 5.96 Å². The van der Waals surface area contributed by atoms with Gasteiger partial charge in [-0.3, -0.25) is 9.89 Å². The van der Waals surface area contributed by atoms with E-state index in [2.05, 4.69) is 34.6 Å². The quantitative estimate of drug-likeness (QED) is 0.373. The lowest BCUT2D eigenvalue weighted by Crippen LogP contribution is -2.39. The normalized spacial score (nSPS) is 16.3. The van der Waals surface area contributed by atoms with E-state index in [0.29, 0.717) is 5.92 Å². The Balaban J connectivity index is 1.71. The summed E-state index contributed by atoms with van der Waals surface area (Å²) in [5, 5.41) is 6.71. The molecule has 2 N–H and O–H groups in total. The van der Waals surface area contributed by atoms with E-state index in [4.69, 9.17) is 14.5 Å². The number of guanidine groups is 1. The number of piperidine rings is 1. The lowest BCUT2D eigenvalue weighted by atomic mass is 9.96. The van der Waals surface area contributed by atoms with Crippen LogP contribution in [0.3, 0.4) is 0 Å². The third-order valence-electron chi connectivity index (χ3n) is 4.94. The summed E-state index contributed by atoms with van der Waals surface area (Å²) in [6, 6.07) is 8.40. The van der Waals surface area contributed by atoms with Crippen molar-refractivity contribution in [1.82, 2.24) is 15.5 Å². The minimum absolute atomic E-state index is 0.673. The molecule has 0 spiro atoms. The van der Waals surface area contributed by atoms with Gasteiger partial charge in [0, 0.05) is 39.9 Å². The third-order valence-corrected chi connectivity index (χ3v) is 4.94. The zero-order valence-electron chi connectivity index (χ0n) is 17.2. The lowest BCUT2D eigenvalue weighted by molar-refractivity contribution is 0.180. The largest absolute Gasteiger partial charge is 0.497 e. The topological polar surface area (TPSA) is 58.1 Å². The fourth-order valence-electron chi connectivity index (χ4n) is 3.30. The molecule has 0 radical (unpaired) electrons. The van der Waals surface area contributed by atoms with Crippen molar-refractivity contribution in [2.24, 2.45) is 10.9 Å². The van der Waals surface area contributed by atoms with Crippen LogP contribution >= 0.6 is 0 Å².